The van der Waals surface area contributed by atoms with E-state index in [9.17, 15) is 19.2 Å². The number of hydrogen-bond acceptors (Lipinski definition) is 14. The molecular weight excluding hydrogens is 987 g/mol. The average molecular weight is 1060 g/mol. The number of amides is 4. The molecule has 16 nitrogen and oxygen atoms in total. The molecule has 2 saturated heterocycles. The van der Waals surface area contributed by atoms with Crippen LogP contribution in [0.15, 0.2) is 78.0 Å². The van der Waals surface area contributed by atoms with Crippen molar-refractivity contribution in [3.63, 3.8) is 0 Å². The van der Waals surface area contributed by atoms with Crippen molar-refractivity contribution in [2.45, 2.75) is 140 Å². The van der Waals surface area contributed by atoms with Gasteiger partial charge in [-0.25, -0.2) is 14.6 Å². The Balaban J connectivity index is 1.28. The number of pyridine rings is 1. The number of nitrogens with zero attached hydrogens (tertiary/aromatic N) is 3. The maximum absolute atomic E-state index is 14.6. The van der Waals surface area contributed by atoms with Crippen LogP contribution in [0.4, 0.5) is 21.0 Å². The average Bonchev–Trinajstić information content (AvgIpc) is 3.91. The lowest BCUT2D eigenvalue weighted by atomic mass is 10.1. The second-order valence-corrected chi connectivity index (χ2v) is 28.4. The van der Waals surface area contributed by atoms with Gasteiger partial charge in [-0.3, -0.25) is 20.2 Å². The van der Waals surface area contributed by atoms with Crippen LogP contribution in [0.3, 0.4) is 0 Å². The van der Waals surface area contributed by atoms with Crippen LogP contribution in [0.5, 0.6) is 23.0 Å². The first-order chi connectivity index (χ1) is 34.4. The van der Waals surface area contributed by atoms with E-state index < -0.39 is 26.1 Å². The fourth-order valence-electron chi connectivity index (χ4n) is 7.85. The van der Waals surface area contributed by atoms with Gasteiger partial charge < -0.3 is 42.6 Å². The van der Waals surface area contributed by atoms with Crippen LogP contribution in [0.2, 0.25) is 18.1 Å². The number of methoxy groups -OCH3 is 2. The van der Waals surface area contributed by atoms with Gasteiger partial charge in [0.25, 0.3) is 11.8 Å². The van der Waals surface area contributed by atoms with Crippen LogP contribution in [-0.4, -0.2) is 124 Å². The Hall–Kier alpha value is -5.37. The van der Waals surface area contributed by atoms with Crippen molar-refractivity contribution in [2.75, 3.05) is 64.4 Å². The van der Waals surface area contributed by atoms with Gasteiger partial charge in [-0.05, 0) is 119 Å². The molecule has 0 radical (unpaired) electrons. The number of ether oxygens (including phenoxy) is 6. The van der Waals surface area contributed by atoms with Gasteiger partial charge in [-0.1, -0.05) is 68.9 Å². The molecule has 0 aliphatic carbocycles. The molecule has 2 aromatic carbocycles. The van der Waals surface area contributed by atoms with Crippen molar-refractivity contribution < 1.29 is 52.0 Å². The summed E-state index contributed by atoms with van der Waals surface area (Å²) in [5, 5.41) is 6.37. The zero-order valence-electron chi connectivity index (χ0n) is 44.9. The number of likely N-dealkylation sites (tertiary alicyclic amines) is 2. The highest BCUT2D eigenvalue weighted by Crippen LogP contribution is 2.40. The third kappa shape index (κ3) is 16.8. The van der Waals surface area contributed by atoms with Crippen LogP contribution in [0, 0.1) is 0 Å². The highest BCUT2D eigenvalue weighted by Gasteiger charge is 2.40. The minimum Gasteiger partial charge on any atom is -0.493 e. The van der Waals surface area contributed by atoms with E-state index >= 15 is 0 Å². The number of carbonyl (C=O) groups excluding carboxylic acids is 4. The van der Waals surface area contributed by atoms with E-state index in [1.807, 2.05) is 32.0 Å². The van der Waals surface area contributed by atoms with Crippen molar-refractivity contribution in [3.05, 3.63) is 84.1 Å². The fourth-order valence-corrected chi connectivity index (χ4v) is 10.8. The third-order valence-electron chi connectivity index (χ3n) is 12.8. The molecule has 2 fully saturated rings. The number of aromatic nitrogens is 1. The number of anilines is 2. The second kappa shape index (κ2) is 26.2. The smallest absolute Gasteiger partial charge is 0.412 e. The molecule has 0 unspecified atom stereocenters. The Morgan fingerprint density at radius 1 is 0.781 bits per heavy atom. The van der Waals surface area contributed by atoms with Gasteiger partial charge >= 0.3 is 12.2 Å². The van der Waals surface area contributed by atoms with Crippen LogP contribution < -0.4 is 29.6 Å². The lowest BCUT2D eigenvalue weighted by molar-refractivity contribution is 0.0634. The van der Waals surface area contributed by atoms with E-state index in [0.717, 1.165) is 22.6 Å². The van der Waals surface area contributed by atoms with Gasteiger partial charge in [0.15, 0.2) is 31.3 Å². The molecule has 5 rings (SSSR count). The summed E-state index contributed by atoms with van der Waals surface area (Å²) < 4.78 is 41.8. The summed E-state index contributed by atoms with van der Waals surface area (Å²) in [5.74, 6) is 0.769. The standard InChI is InChI=1S/C54H77N5O11S2Si/c1-15-38-25-35(2)31-58(38)49(60)41-28-45(65-12)47(30-43(41)57-52(63)70-53(5,6)7)67-24-20-16-19-23-66-46-29-42(56-51(62)68-33-37(4)71-72-48-21-17-18-22-55-48)40(27-44(46)64-11)50(61)59-32-36(3)26-39(59)34-69-73(13,14)54(8,9)10/h17-18,21-22,27-30,37-39H,2-3,15-16,19-20,23-26,31-34H2,1,4-14H3,(H,56,62)(H,57,63)/t37-,38-,39+/m1/s1. The molecule has 73 heavy (non-hydrogen) atoms. The van der Waals surface area contributed by atoms with E-state index in [1.165, 1.54) is 35.8 Å². The summed E-state index contributed by atoms with van der Waals surface area (Å²) in [7, 11) is 3.90. The fraction of sp³-hybridized carbons (Fsp3) is 0.537. The quantitative estimate of drug-likeness (QED) is 0.0397. The maximum atomic E-state index is 14.6. The van der Waals surface area contributed by atoms with Crippen LogP contribution in [0.25, 0.3) is 0 Å². The van der Waals surface area contributed by atoms with E-state index in [1.54, 1.807) is 61.0 Å². The number of carbonyl (C=O) groups is 4. The van der Waals surface area contributed by atoms with Gasteiger partial charge in [0, 0.05) is 42.7 Å². The Bertz CT molecular complexity index is 2430. The second-order valence-electron chi connectivity index (χ2n) is 20.9. The topological polar surface area (TPSA) is 176 Å². The summed E-state index contributed by atoms with van der Waals surface area (Å²) in [6.45, 7) is 30.3. The molecule has 0 saturated carbocycles. The summed E-state index contributed by atoms with van der Waals surface area (Å²) >= 11 is 0. The zero-order chi connectivity index (χ0) is 53.7. The lowest BCUT2D eigenvalue weighted by Crippen LogP contribution is -2.46. The van der Waals surface area contributed by atoms with Gasteiger partial charge in [-0.15, -0.1) is 0 Å². The van der Waals surface area contributed by atoms with Gasteiger partial charge in [-0.2, -0.15) is 0 Å². The minimum absolute atomic E-state index is 0.00771. The van der Waals surface area contributed by atoms with Crippen LogP contribution in [0.1, 0.15) is 115 Å². The summed E-state index contributed by atoms with van der Waals surface area (Å²) in [6.07, 6.45) is 4.31. The van der Waals surface area contributed by atoms with Crippen molar-refractivity contribution in [1.29, 1.82) is 0 Å². The molecule has 19 heteroatoms. The third-order valence-corrected chi connectivity index (χ3v) is 20.0. The van der Waals surface area contributed by atoms with Crippen LogP contribution >= 0.6 is 21.6 Å². The number of unbranched alkanes of at least 4 members (excludes halogenated alkanes) is 2. The Labute approximate surface area is 441 Å². The van der Waals surface area contributed by atoms with Gasteiger partial charge in [0.05, 0.1) is 62.6 Å². The molecule has 4 amide bonds. The molecule has 3 aromatic rings. The monoisotopic (exact) mass is 1060 g/mol. The van der Waals surface area contributed by atoms with E-state index in [2.05, 4.69) is 62.6 Å². The predicted octanol–water partition coefficient (Wildman–Crippen LogP) is 12.4. The van der Waals surface area contributed by atoms with Gasteiger partial charge in [0.2, 0.25) is 0 Å². The molecule has 1 aromatic heterocycles. The molecule has 3 heterocycles. The first-order valence-corrected chi connectivity index (χ1v) is 30.0. The molecule has 2 aliphatic rings. The van der Waals surface area contributed by atoms with Crippen molar-refractivity contribution >= 4 is 65.3 Å². The van der Waals surface area contributed by atoms with Crippen LogP contribution in [-0.2, 0) is 13.9 Å². The largest absolute Gasteiger partial charge is 0.493 e. The summed E-state index contributed by atoms with van der Waals surface area (Å²) in [6, 6.07) is 11.8. The highest BCUT2D eigenvalue weighted by atomic mass is 33.1. The van der Waals surface area contributed by atoms with E-state index in [0.29, 0.717) is 81.4 Å². The van der Waals surface area contributed by atoms with Crippen molar-refractivity contribution in [3.8, 4) is 23.0 Å². The Morgan fingerprint density at radius 3 is 1.81 bits per heavy atom. The molecule has 400 valence electrons. The Kier molecular flexibility index (Phi) is 21.0. The number of nitrogens with one attached hydrogen (secondary N) is 2. The van der Waals surface area contributed by atoms with Crippen molar-refractivity contribution in [2.24, 2.45) is 0 Å². The van der Waals surface area contributed by atoms with Crippen molar-refractivity contribution in [1.82, 2.24) is 14.8 Å². The number of benzene rings is 2. The molecule has 3 atom stereocenters. The number of hydrogen-bond donors (Lipinski definition) is 2. The molecular formula is C54H77N5O11S2Si. The lowest BCUT2D eigenvalue weighted by Gasteiger charge is -2.38. The number of rotatable bonds is 23. The molecule has 0 spiro atoms. The SMILES string of the molecule is C=C1C[C@@H](CO[Si](C)(C)C(C)(C)C)N(C(=O)c2cc(OC)c(OCCCCCOc3cc(NC(=O)OC(C)(C)C)c(C(=O)N4CC(=C)C[C@H]4CC)cc3OC)cc2NC(=O)OC[C@@H](C)SSc2ccccn2)C1. The van der Waals surface area contributed by atoms with Gasteiger partial charge in [0.1, 0.15) is 17.2 Å². The minimum atomic E-state index is -2.13. The molecule has 0 bridgehead atoms. The first-order valence-electron chi connectivity index (χ1n) is 24.9. The van der Waals surface area contributed by atoms with E-state index in [-0.39, 0.29) is 69.9 Å². The van der Waals surface area contributed by atoms with E-state index in [4.69, 9.17) is 32.8 Å². The summed E-state index contributed by atoms with van der Waals surface area (Å²) in [4.78, 5) is 63.0. The highest BCUT2D eigenvalue weighted by molar-refractivity contribution is 8.76. The zero-order valence-corrected chi connectivity index (χ0v) is 47.5. The Morgan fingerprint density at radius 2 is 1.32 bits per heavy atom. The maximum Gasteiger partial charge on any atom is 0.412 e. The molecule has 2 N–H and O–H groups in total. The normalized spacial score (nSPS) is 16.5. The predicted molar refractivity (Wildman–Crippen MR) is 293 cm³/mol. The first kappa shape index (κ1) is 58.5. The summed E-state index contributed by atoms with van der Waals surface area (Å²) in [5.41, 5.74) is 2.03. The molecule has 2 aliphatic heterocycles.